The Hall–Kier alpha value is 0.630. The van der Waals surface area contributed by atoms with Crippen molar-refractivity contribution < 1.29 is 4.21 Å². The van der Waals surface area contributed by atoms with Crippen LogP contribution in [-0.2, 0) is 10.8 Å². The van der Waals surface area contributed by atoms with E-state index < -0.39 is 10.8 Å². The second kappa shape index (κ2) is 4.63. The summed E-state index contributed by atoms with van der Waals surface area (Å²) < 4.78 is 9.56. The van der Waals surface area contributed by atoms with Gasteiger partial charge in [0, 0.05) is 23.3 Å². The summed E-state index contributed by atoms with van der Waals surface area (Å²) in [7, 11) is -0.611. The van der Waals surface area contributed by atoms with Crippen molar-refractivity contribution in [2.45, 2.75) is 0 Å². The van der Waals surface area contributed by atoms with E-state index in [1.807, 2.05) is 0 Å². The van der Waals surface area contributed by atoms with E-state index in [2.05, 4.69) is 0 Å². The van der Waals surface area contributed by atoms with Gasteiger partial charge in [0.15, 0.2) is 0 Å². The Morgan fingerprint density at radius 2 is 1.40 bits per heavy atom. The van der Waals surface area contributed by atoms with Gasteiger partial charge in [0.2, 0.25) is 0 Å². The van der Waals surface area contributed by atoms with Gasteiger partial charge >= 0.3 is 0 Å². The highest BCUT2D eigenvalue weighted by atomic mass is 79.9. The molecule has 0 fully saturated rings. The summed E-state index contributed by atoms with van der Waals surface area (Å²) in [6.07, 6.45) is 3.28. The smallest absolute Gasteiger partial charge is 0.0148 e. The predicted molar refractivity (Wildman–Crippen MR) is 30.3 cm³/mol. The Kier molecular flexibility index (Phi) is 8.48. The molecule has 0 aromatic carbocycles. The van der Waals surface area contributed by atoms with Crippen LogP contribution in [0.4, 0.5) is 0 Å². The molecule has 1 nitrogen and oxygen atoms in total. The van der Waals surface area contributed by atoms with Gasteiger partial charge in [0.1, 0.15) is 0 Å². The number of rotatable bonds is 0. The molecule has 0 aliphatic carbocycles. The van der Waals surface area contributed by atoms with Crippen molar-refractivity contribution in [3.05, 3.63) is 0 Å². The van der Waals surface area contributed by atoms with E-state index in [-0.39, 0.29) is 17.0 Å². The van der Waals surface area contributed by atoms with Crippen molar-refractivity contribution in [1.82, 2.24) is 0 Å². The maximum atomic E-state index is 9.56. The summed E-state index contributed by atoms with van der Waals surface area (Å²) in [5, 5.41) is 0. The molecule has 5 heavy (non-hydrogen) atoms. The van der Waals surface area contributed by atoms with E-state index in [0.29, 0.717) is 0 Å². The van der Waals surface area contributed by atoms with Crippen LogP contribution in [0.15, 0.2) is 0 Å². The average Bonchev–Trinajstić information content (AvgIpc) is 0.811. The fraction of sp³-hybridized carbons (Fsp3) is 1.00. The molecule has 0 unspecified atom stereocenters. The quantitative estimate of drug-likeness (QED) is 0.505. The highest BCUT2D eigenvalue weighted by molar-refractivity contribution is 8.93. The van der Waals surface area contributed by atoms with Crippen LogP contribution in [0.25, 0.3) is 0 Å². The zero-order valence-corrected chi connectivity index (χ0v) is 5.75. The van der Waals surface area contributed by atoms with Crippen molar-refractivity contribution in [1.29, 1.82) is 0 Å². The Bertz CT molecular complexity index is 32.6. The Balaban J connectivity index is 0. The van der Waals surface area contributed by atoms with Crippen LogP contribution in [0.3, 0.4) is 0 Å². The topological polar surface area (TPSA) is 17.1 Å². The van der Waals surface area contributed by atoms with Gasteiger partial charge in [-0.1, -0.05) is 0 Å². The third-order valence-electron chi connectivity index (χ3n) is 0. The summed E-state index contributed by atoms with van der Waals surface area (Å²) in [4.78, 5) is 0. The first-order valence-electron chi connectivity index (χ1n) is 0.983. The first-order chi connectivity index (χ1) is 1.73. The molecule has 0 bridgehead atoms. The van der Waals surface area contributed by atoms with E-state index in [1.165, 1.54) is 0 Å². The van der Waals surface area contributed by atoms with E-state index in [4.69, 9.17) is 0 Å². The summed E-state index contributed by atoms with van der Waals surface area (Å²) in [6, 6.07) is 0. The second-order valence-electron chi connectivity index (χ2n) is 0.742. The number of hydrogen-bond donors (Lipinski definition) is 0. The van der Waals surface area contributed by atoms with Crippen molar-refractivity contribution in [3.63, 3.8) is 0 Å². The Labute approximate surface area is 45.0 Å². The van der Waals surface area contributed by atoms with Crippen LogP contribution in [0.2, 0.25) is 0 Å². The fourth-order valence-corrected chi connectivity index (χ4v) is 0. The van der Waals surface area contributed by atoms with Crippen LogP contribution in [-0.4, -0.2) is 16.7 Å². The monoisotopic (exact) mass is 158 g/mol. The van der Waals surface area contributed by atoms with Crippen molar-refractivity contribution >= 4 is 27.8 Å². The third-order valence-corrected chi connectivity index (χ3v) is 0. The van der Waals surface area contributed by atoms with Gasteiger partial charge in [-0.3, -0.25) is 4.21 Å². The zero-order valence-electron chi connectivity index (χ0n) is 3.22. The fourth-order valence-electron chi connectivity index (χ4n) is 0. The van der Waals surface area contributed by atoms with E-state index in [1.54, 1.807) is 12.5 Å². The average molecular weight is 159 g/mol. The molecule has 0 aliphatic rings. The first-order valence-corrected chi connectivity index (χ1v) is 2.95. The predicted octanol–water partition coefficient (Wildman–Crippen LogP) is 0.573. The molecule has 0 N–H and O–H groups in total. The number of halogens is 1. The van der Waals surface area contributed by atoms with E-state index in [0.717, 1.165) is 0 Å². The molecule has 0 radical (unpaired) electrons. The lowest BCUT2D eigenvalue weighted by Gasteiger charge is -1.60. The van der Waals surface area contributed by atoms with Crippen LogP contribution in [0.5, 0.6) is 0 Å². The molecule has 0 saturated heterocycles. The summed E-state index contributed by atoms with van der Waals surface area (Å²) >= 11 is 0. The molecule has 34 valence electrons. The number of hydrogen-bond acceptors (Lipinski definition) is 1. The first kappa shape index (κ1) is 9.16. The Morgan fingerprint density at radius 3 is 1.40 bits per heavy atom. The van der Waals surface area contributed by atoms with Gasteiger partial charge in [0.05, 0.1) is 0 Å². The van der Waals surface area contributed by atoms with Crippen molar-refractivity contribution in [2.75, 3.05) is 12.5 Å². The lowest BCUT2D eigenvalue weighted by molar-refractivity contribution is 0.690. The minimum atomic E-state index is -0.611. The zero-order chi connectivity index (χ0) is 3.58. The normalized spacial score (nSPS) is 7.00. The summed E-state index contributed by atoms with van der Waals surface area (Å²) in [5.41, 5.74) is 0. The standard InChI is InChI=1S/C2H6OS.BrH/c1-4(2)3;/h1-2H3;1H. The van der Waals surface area contributed by atoms with Crippen molar-refractivity contribution in [2.24, 2.45) is 0 Å². The van der Waals surface area contributed by atoms with Gasteiger partial charge in [-0.05, 0) is 0 Å². The van der Waals surface area contributed by atoms with Gasteiger partial charge in [-0.25, -0.2) is 0 Å². The van der Waals surface area contributed by atoms with Gasteiger partial charge in [-0.2, -0.15) is 0 Å². The molecular weight excluding hydrogens is 152 g/mol. The van der Waals surface area contributed by atoms with Crippen molar-refractivity contribution in [3.8, 4) is 0 Å². The van der Waals surface area contributed by atoms with Crippen LogP contribution >= 0.6 is 17.0 Å². The minimum Gasteiger partial charge on any atom is -0.260 e. The van der Waals surface area contributed by atoms with Crippen LogP contribution in [0, 0.1) is 0 Å². The molecule has 0 heterocycles. The highest BCUT2D eigenvalue weighted by Gasteiger charge is 1.57. The SMILES string of the molecule is Br.CS(C)=O. The van der Waals surface area contributed by atoms with Gasteiger partial charge in [0.25, 0.3) is 0 Å². The molecule has 3 heteroatoms. The molecule has 0 amide bonds. The largest absolute Gasteiger partial charge is 0.260 e. The van der Waals surface area contributed by atoms with E-state index >= 15 is 0 Å². The maximum absolute atomic E-state index is 9.56. The molecule has 0 aliphatic heterocycles. The third kappa shape index (κ3) is 80.7. The molecule has 0 rings (SSSR count). The summed E-state index contributed by atoms with van der Waals surface area (Å²) in [5.74, 6) is 0. The second-order valence-corrected chi connectivity index (χ2v) is 2.22. The van der Waals surface area contributed by atoms with Gasteiger partial charge in [-0.15, -0.1) is 17.0 Å². The molecule has 0 atom stereocenters. The maximum Gasteiger partial charge on any atom is 0.0148 e. The molecular formula is C2H7BrOS. The lowest BCUT2D eigenvalue weighted by atomic mass is 11.9. The van der Waals surface area contributed by atoms with Crippen LogP contribution < -0.4 is 0 Å². The highest BCUT2D eigenvalue weighted by Crippen LogP contribution is 1.47. The molecule has 0 saturated carbocycles. The Morgan fingerprint density at radius 1 is 1.40 bits per heavy atom. The minimum absolute atomic E-state index is 0. The van der Waals surface area contributed by atoms with Gasteiger partial charge < -0.3 is 0 Å². The lowest BCUT2D eigenvalue weighted by Crippen LogP contribution is -1.70. The van der Waals surface area contributed by atoms with Crippen LogP contribution in [0.1, 0.15) is 0 Å². The molecule has 0 aromatic rings. The molecule has 0 aromatic heterocycles. The van der Waals surface area contributed by atoms with E-state index in [9.17, 15) is 4.21 Å². The summed E-state index contributed by atoms with van der Waals surface area (Å²) in [6.45, 7) is 0. The molecule has 0 spiro atoms.